The molecule has 0 aliphatic carbocycles. The van der Waals surface area contributed by atoms with Crippen molar-refractivity contribution in [2.45, 2.75) is 11.8 Å². The van der Waals surface area contributed by atoms with Gasteiger partial charge in [0.05, 0.1) is 23.0 Å². The van der Waals surface area contributed by atoms with Crippen molar-refractivity contribution in [3.63, 3.8) is 0 Å². The van der Waals surface area contributed by atoms with Gasteiger partial charge in [-0.1, -0.05) is 0 Å². The number of fused-ring (bicyclic) bond motifs is 1. The summed E-state index contributed by atoms with van der Waals surface area (Å²) in [5, 5.41) is 0. The maximum atomic E-state index is 12.7. The molecule has 0 bridgehead atoms. The minimum Gasteiger partial charge on any atom is -0.497 e. The molecule has 25 heavy (non-hydrogen) atoms. The molecule has 0 fully saturated rings. The summed E-state index contributed by atoms with van der Waals surface area (Å²) in [6.45, 7) is 1.60. The molecule has 0 amide bonds. The molecule has 130 valence electrons. The zero-order chi connectivity index (χ0) is 18.2. The zero-order valence-electron chi connectivity index (χ0n) is 13.4. The summed E-state index contributed by atoms with van der Waals surface area (Å²) in [6, 6.07) is 9.22. The smallest absolute Gasteiger partial charge is 0.314 e. The van der Waals surface area contributed by atoms with Crippen LogP contribution in [-0.4, -0.2) is 25.5 Å². The topological polar surface area (TPSA) is 121 Å². The minimum absolute atomic E-state index is 0.00137. The quantitative estimate of drug-likeness (QED) is 0.606. The van der Waals surface area contributed by atoms with E-state index in [1.165, 1.54) is 19.2 Å². The first-order valence-corrected chi connectivity index (χ1v) is 8.72. The molecule has 0 radical (unpaired) electrons. The zero-order valence-corrected chi connectivity index (χ0v) is 14.2. The van der Waals surface area contributed by atoms with Crippen LogP contribution < -0.4 is 20.6 Å². The molecule has 0 spiro atoms. The Bertz CT molecular complexity index is 1160. The number of benzene rings is 2. The van der Waals surface area contributed by atoms with Crippen LogP contribution in [0.3, 0.4) is 0 Å². The maximum absolute atomic E-state index is 12.7. The lowest BCUT2D eigenvalue weighted by Gasteiger charge is -2.12. The molecule has 0 aliphatic heterocycles. The normalized spacial score (nSPS) is 11.4. The number of rotatable bonds is 4. The Labute approximate surface area is 142 Å². The molecule has 2 aromatic carbocycles. The van der Waals surface area contributed by atoms with E-state index in [-0.39, 0.29) is 10.4 Å². The third kappa shape index (κ3) is 3.26. The number of anilines is 1. The largest absolute Gasteiger partial charge is 0.497 e. The number of sulfonamides is 1. The van der Waals surface area contributed by atoms with Gasteiger partial charge in [-0.3, -0.25) is 14.3 Å². The molecule has 1 heterocycles. The molecule has 8 nitrogen and oxygen atoms in total. The van der Waals surface area contributed by atoms with Crippen molar-refractivity contribution < 1.29 is 13.2 Å². The number of aromatic nitrogens is 2. The Morgan fingerprint density at radius 2 is 1.52 bits per heavy atom. The van der Waals surface area contributed by atoms with Gasteiger partial charge in [0.2, 0.25) is 0 Å². The van der Waals surface area contributed by atoms with Gasteiger partial charge >= 0.3 is 11.1 Å². The second-order valence-corrected chi connectivity index (χ2v) is 7.06. The monoisotopic (exact) mass is 361 g/mol. The summed E-state index contributed by atoms with van der Waals surface area (Å²) in [5.41, 5.74) is -0.260. The molecule has 0 unspecified atom stereocenters. The van der Waals surface area contributed by atoms with Gasteiger partial charge in [0.15, 0.2) is 0 Å². The molecule has 0 atom stereocenters. The van der Waals surface area contributed by atoms with Gasteiger partial charge in [-0.25, -0.2) is 8.42 Å². The third-order valence-corrected chi connectivity index (χ3v) is 5.17. The second kappa shape index (κ2) is 6.10. The summed E-state index contributed by atoms with van der Waals surface area (Å²) in [4.78, 5) is 27.6. The lowest BCUT2D eigenvalue weighted by atomic mass is 10.2. The van der Waals surface area contributed by atoms with Gasteiger partial charge in [-0.2, -0.15) is 0 Å². The SMILES string of the molecule is COc1ccc(NS(=O)(=O)c2cc3[nH]c(=O)c(=O)[nH]c3cc2C)cc1. The first-order valence-electron chi connectivity index (χ1n) is 7.24. The van der Waals surface area contributed by atoms with Gasteiger partial charge in [0.1, 0.15) is 5.75 Å². The number of hydrogen-bond donors (Lipinski definition) is 3. The van der Waals surface area contributed by atoms with E-state index in [1.807, 2.05) is 0 Å². The number of aryl methyl sites for hydroxylation is 1. The molecule has 0 aliphatic rings. The molecule has 3 N–H and O–H groups in total. The van der Waals surface area contributed by atoms with Crippen LogP contribution in [0.25, 0.3) is 11.0 Å². The lowest BCUT2D eigenvalue weighted by Crippen LogP contribution is -2.29. The van der Waals surface area contributed by atoms with E-state index < -0.39 is 21.1 Å². The van der Waals surface area contributed by atoms with Crippen LogP contribution in [0, 0.1) is 6.92 Å². The Morgan fingerprint density at radius 1 is 0.960 bits per heavy atom. The van der Waals surface area contributed by atoms with Crippen molar-refractivity contribution in [2.24, 2.45) is 0 Å². The summed E-state index contributed by atoms with van der Waals surface area (Å²) < 4.78 is 32.8. The molecule has 0 saturated heterocycles. The fraction of sp³-hybridized carbons (Fsp3) is 0.125. The predicted octanol–water partition coefficient (Wildman–Crippen LogP) is 1.33. The standard InChI is InChI=1S/C16H15N3O5S/c1-9-7-12-13(18-16(21)15(20)17-12)8-14(9)25(22,23)19-10-3-5-11(24-2)6-4-10/h3-8,19H,1-2H3,(H,17,20)(H,18,21). The Hall–Kier alpha value is -3.07. The van der Waals surface area contributed by atoms with Crippen LogP contribution in [0.2, 0.25) is 0 Å². The number of methoxy groups -OCH3 is 1. The Balaban J connectivity index is 2.06. The molecule has 0 saturated carbocycles. The average Bonchev–Trinajstić information content (AvgIpc) is 2.56. The minimum atomic E-state index is -3.88. The Kier molecular flexibility index (Phi) is 4.09. The fourth-order valence-electron chi connectivity index (χ4n) is 2.41. The van der Waals surface area contributed by atoms with Crippen LogP contribution in [0.4, 0.5) is 5.69 Å². The van der Waals surface area contributed by atoms with Gasteiger partial charge < -0.3 is 14.7 Å². The van der Waals surface area contributed by atoms with Crippen LogP contribution in [0.5, 0.6) is 5.75 Å². The van der Waals surface area contributed by atoms with Gasteiger partial charge in [0, 0.05) is 5.69 Å². The third-order valence-electron chi connectivity index (χ3n) is 3.65. The maximum Gasteiger partial charge on any atom is 0.314 e. The highest BCUT2D eigenvalue weighted by Gasteiger charge is 2.18. The molecule has 3 aromatic rings. The first-order chi connectivity index (χ1) is 11.8. The van der Waals surface area contributed by atoms with Crippen LogP contribution in [0.1, 0.15) is 5.56 Å². The van der Waals surface area contributed by atoms with Crippen LogP contribution in [0.15, 0.2) is 50.9 Å². The van der Waals surface area contributed by atoms with E-state index >= 15 is 0 Å². The number of nitrogens with one attached hydrogen (secondary N) is 3. The van der Waals surface area contributed by atoms with E-state index in [1.54, 1.807) is 31.2 Å². The molecular formula is C16H15N3O5S. The first kappa shape index (κ1) is 16.8. The van der Waals surface area contributed by atoms with E-state index in [4.69, 9.17) is 4.74 Å². The summed E-state index contributed by atoms with van der Waals surface area (Å²) in [5.74, 6) is 0.603. The van der Waals surface area contributed by atoms with Gasteiger partial charge in [0.25, 0.3) is 10.0 Å². The summed E-state index contributed by atoms with van der Waals surface area (Å²) >= 11 is 0. The highest BCUT2D eigenvalue weighted by molar-refractivity contribution is 7.92. The van der Waals surface area contributed by atoms with E-state index in [9.17, 15) is 18.0 Å². The molecule has 9 heteroatoms. The van der Waals surface area contributed by atoms with Crippen molar-refractivity contribution in [1.82, 2.24) is 9.97 Å². The predicted molar refractivity (Wildman–Crippen MR) is 93.7 cm³/mol. The van der Waals surface area contributed by atoms with E-state index in [2.05, 4.69) is 14.7 Å². The van der Waals surface area contributed by atoms with Gasteiger partial charge in [-0.15, -0.1) is 0 Å². The highest BCUT2D eigenvalue weighted by atomic mass is 32.2. The van der Waals surface area contributed by atoms with Crippen molar-refractivity contribution in [1.29, 1.82) is 0 Å². The van der Waals surface area contributed by atoms with E-state index in [0.717, 1.165) is 0 Å². The second-order valence-electron chi connectivity index (χ2n) is 5.41. The number of H-pyrrole nitrogens is 2. The number of ether oxygens (including phenoxy) is 1. The fourth-order valence-corrected chi connectivity index (χ4v) is 3.72. The summed E-state index contributed by atoms with van der Waals surface area (Å²) in [6.07, 6.45) is 0. The molecule has 3 rings (SSSR count). The number of aromatic amines is 2. The van der Waals surface area contributed by atoms with Crippen molar-refractivity contribution in [2.75, 3.05) is 11.8 Å². The molecular weight excluding hydrogens is 346 g/mol. The number of hydrogen-bond acceptors (Lipinski definition) is 5. The Morgan fingerprint density at radius 3 is 2.08 bits per heavy atom. The van der Waals surface area contributed by atoms with Crippen molar-refractivity contribution in [3.05, 3.63) is 62.7 Å². The lowest BCUT2D eigenvalue weighted by molar-refractivity contribution is 0.415. The highest BCUT2D eigenvalue weighted by Crippen LogP contribution is 2.23. The average molecular weight is 361 g/mol. The van der Waals surface area contributed by atoms with E-state index in [0.29, 0.717) is 22.5 Å². The summed E-state index contributed by atoms with van der Waals surface area (Å²) in [7, 11) is -2.37. The van der Waals surface area contributed by atoms with Gasteiger partial charge in [-0.05, 0) is 48.9 Å². The van der Waals surface area contributed by atoms with Crippen molar-refractivity contribution in [3.8, 4) is 5.75 Å². The van der Waals surface area contributed by atoms with Crippen LogP contribution in [-0.2, 0) is 10.0 Å². The molecule has 1 aromatic heterocycles. The van der Waals surface area contributed by atoms with Crippen molar-refractivity contribution >= 4 is 26.7 Å². The van der Waals surface area contributed by atoms with Crippen LogP contribution >= 0.6 is 0 Å².